The van der Waals surface area contributed by atoms with Crippen LogP contribution >= 0.6 is 0 Å². The van der Waals surface area contributed by atoms with E-state index in [9.17, 15) is 14.0 Å². The number of fused-ring (bicyclic) bond motifs is 1. The molecule has 2 aromatic rings. The van der Waals surface area contributed by atoms with E-state index in [1.54, 1.807) is 12.1 Å². The predicted octanol–water partition coefficient (Wildman–Crippen LogP) is 3.37. The number of ketones is 1. The molecule has 0 radical (unpaired) electrons. The summed E-state index contributed by atoms with van der Waals surface area (Å²) in [5.74, 6) is -0.238. The van der Waals surface area contributed by atoms with Gasteiger partial charge in [0.25, 0.3) is 5.91 Å². The fourth-order valence-electron chi connectivity index (χ4n) is 4.13. The standard InChI is InChI=1S/C22H24FN3O2/c1-12-16(11-21(27)14-5-7-24-8-6-14)13(2)25-20(12)10-18-17-9-15(23)3-4-19(17)26-22(18)28/h3-4,9-10,14,24-25H,5-8,11H2,1-2H3,(H,26,28)/b18-10-. The van der Waals surface area contributed by atoms with Crippen molar-refractivity contribution in [1.29, 1.82) is 0 Å². The Morgan fingerprint density at radius 3 is 2.75 bits per heavy atom. The molecule has 0 unspecified atom stereocenters. The topological polar surface area (TPSA) is 74.0 Å². The van der Waals surface area contributed by atoms with Crippen molar-refractivity contribution in [2.45, 2.75) is 33.1 Å². The molecular formula is C22H24FN3O2. The number of amides is 1. The maximum absolute atomic E-state index is 13.7. The summed E-state index contributed by atoms with van der Waals surface area (Å²) in [6.07, 6.45) is 3.93. The minimum Gasteiger partial charge on any atom is -0.359 e. The summed E-state index contributed by atoms with van der Waals surface area (Å²) in [7, 11) is 0. The maximum atomic E-state index is 13.7. The second kappa shape index (κ2) is 7.36. The molecule has 1 fully saturated rings. The third kappa shape index (κ3) is 3.40. The Balaban J connectivity index is 1.63. The van der Waals surface area contributed by atoms with Crippen LogP contribution in [0.25, 0.3) is 11.6 Å². The van der Waals surface area contributed by atoms with Crippen molar-refractivity contribution in [2.24, 2.45) is 5.92 Å². The molecule has 1 saturated heterocycles. The van der Waals surface area contributed by atoms with E-state index in [1.165, 1.54) is 12.1 Å². The number of anilines is 1. The van der Waals surface area contributed by atoms with E-state index in [0.717, 1.165) is 48.4 Å². The van der Waals surface area contributed by atoms with Gasteiger partial charge in [-0.1, -0.05) is 0 Å². The average molecular weight is 381 g/mol. The molecule has 2 aliphatic heterocycles. The zero-order valence-corrected chi connectivity index (χ0v) is 16.1. The average Bonchev–Trinajstić information content (AvgIpc) is 3.13. The number of aromatic nitrogens is 1. The zero-order valence-electron chi connectivity index (χ0n) is 16.1. The molecule has 1 amide bonds. The lowest BCUT2D eigenvalue weighted by atomic mass is 9.89. The van der Waals surface area contributed by atoms with Crippen LogP contribution in [0, 0.1) is 25.6 Å². The Morgan fingerprint density at radius 2 is 2.00 bits per heavy atom. The van der Waals surface area contributed by atoms with Crippen LogP contribution in [0.2, 0.25) is 0 Å². The van der Waals surface area contributed by atoms with E-state index in [-0.39, 0.29) is 23.4 Å². The van der Waals surface area contributed by atoms with E-state index in [1.807, 2.05) is 13.8 Å². The van der Waals surface area contributed by atoms with Crippen LogP contribution in [0.3, 0.4) is 0 Å². The minimum absolute atomic E-state index is 0.118. The van der Waals surface area contributed by atoms with Crippen molar-refractivity contribution in [2.75, 3.05) is 18.4 Å². The number of carbonyl (C=O) groups is 2. The van der Waals surface area contributed by atoms with Crippen molar-refractivity contribution in [3.05, 3.63) is 52.1 Å². The number of rotatable bonds is 4. The van der Waals surface area contributed by atoms with Gasteiger partial charge < -0.3 is 15.6 Å². The zero-order chi connectivity index (χ0) is 19.8. The number of halogens is 1. The Morgan fingerprint density at radius 1 is 1.25 bits per heavy atom. The van der Waals surface area contributed by atoms with Gasteiger partial charge in [0, 0.05) is 35.0 Å². The molecular weight excluding hydrogens is 357 g/mol. The molecule has 6 heteroatoms. The number of Topliss-reactive ketones (excluding diaryl/α,β-unsaturated/α-hetero) is 1. The first-order valence-corrected chi connectivity index (χ1v) is 9.68. The van der Waals surface area contributed by atoms with Gasteiger partial charge in [0.1, 0.15) is 11.6 Å². The van der Waals surface area contributed by atoms with Gasteiger partial charge in [-0.25, -0.2) is 4.39 Å². The lowest BCUT2D eigenvalue weighted by Gasteiger charge is -2.21. The lowest BCUT2D eigenvalue weighted by molar-refractivity contribution is -0.123. The minimum atomic E-state index is -0.381. The number of piperidine rings is 1. The molecule has 5 nitrogen and oxygen atoms in total. The molecule has 1 aromatic carbocycles. The van der Waals surface area contributed by atoms with E-state index in [2.05, 4.69) is 15.6 Å². The summed E-state index contributed by atoms with van der Waals surface area (Å²) < 4.78 is 13.7. The Kier molecular flexibility index (Phi) is 4.89. The summed E-state index contributed by atoms with van der Waals surface area (Å²) in [5.41, 5.74) is 5.27. The maximum Gasteiger partial charge on any atom is 0.256 e. The van der Waals surface area contributed by atoms with E-state index >= 15 is 0 Å². The summed E-state index contributed by atoms with van der Waals surface area (Å²) in [6, 6.07) is 4.27. The molecule has 0 bridgehead atoms. The predicted molar refractivity (Wildman–Crippen MR) is 107 cm³/mol. The molecule has 0 spiro atoms. The number of hydrogen-bond donors (Lipinski definition) is 3. The fourth-order valence-corrected chi connectivity index (χ4v) is 4.13. The van der Waals surface area contributed by atoms with Gasteiger partial charge in [-0.15, -0.1) is 0 Å². The van der Waals surface area contributed by atoms with E-state index in [0.29, 0.717) is 23.2 Å². The van der Waals surface area contributed by atoms with Gasteiger partial charge in [-0.3, -0.25) is 9.59 Å². The van der Waals surface area contributed by atoms with Crippen LogP contribution in [-0.4, -0.2) is 29.8 Å². The van der Waals surface area contributed by atoms with Crippen molar-refractivity contribution in [3.63, 3.8) is 0 Å². The van der Waals surface area contributed by atoms with Crippen molar-refractivity contribution in [3.8, 4) is 0 Å². The highest BCUT2D eigenvalue weighted by Gasteiger charge is 2.26. The molecule has 0 atom stereocenters. The Hall–Kier alpha value is -2.73. The molecule has 3 N–H and O–H groups in total. The first-order chi connectivity index (χ1) is 13.4. The van der Waals surface area contributed by atoms with Gasteiger partial charge in [-0.2, -0.15) is 0 Å². The van der Waals surface area contributed by atoms with Gasteiger partial charge in [0.15, 0.2) is 0 Å². The molecule has 4 rings (SSSR count). The third-order valence-corrected chi connectivity index (χ3v) is 5.83. The van der Waals surface area contributed by atoms with Gasteiger partial charge >= 0.3 is 0 Å². The van der Waals surface area contributed by atoms with Crippen LogP contribution in [0.15, 0.2) is 18.2 Å². The van der Waals surface area contributed by atoms with Crippen molar-refractivity contribution in [1.82, 2.24) is 10.3 Å². The van der Waals surface area contributed by atoms with Gasteiger partial charge in [0.2, 0.25) is 0 Å². The Labute approximate surface area is 163 Å². The number of carbonyl (C=O) groups excluding carboxylic acids is 2. The van der Waals surface area contributed by atoms with Crippen LogP contribution in [-0.2, 0) is 16.0 Å². The summed E-state index contributed by atoms with van der Waals surface area (Å²) in [5, 5.41) is 6.05. The van der Waals surface area contributed by atoms with Crippen molar-refractivity contribution >= 4 is 29.0 Å². The van der Waals surface area contributed by atoms with E-state index < -0.39 is 0 Å². The van der Waals surface area contributed by atoms with Crippen LogP contribution in [0.4, 0.5) is 10.1 Å². The normalized spacial score (nSPS) is 18.4. The highest BCUT2D eigenvalue weighted by Crippen LogP contribution is 2.34. The molecule has 0 saturated carbocycles. The van der Waals surface area contributed by atoms with Crippen LogP contribution in [0.5, 0.6) is 0 Å². The molecule has 28 heavy (non-hydrogen) atoms. The fraction of sp³-hybridized carbons (Fsp3) is 0.364. The highest BCUT2D eigenvalue weighted by molar-refractivity contribution is 6.34. The second-order valence-corrected chi connectivity index (χ2v) is 7.64. The number of aryl methyl sites for hydroxylation is 1. The summed E-state index contributed by atoms with van der Waals surface area (Å²) in [6.45, 7) is 5.69. The molecule has 146 valence electrons. The SMILES string of the molecule is Cc1[nH]c(/C=C2\C(=O)Nc3ccc(F)cc32)c(C)c1CC(=O)C1CCNCC1. The van der Waals surface area contributed by atoms with Crippen molar-refractivity contribution < 1.29 is 14.0 Å². The first-order valence-electron chi connectivity index (χ1n) is 9.68. The number of benzene rings is 1. The van der Waals surface area contributed by atoms with Gasteiger partial charge in [0.05, 0.1) is 5.57 Å². The molecule has 3 heterocycles. The molecule has 1 aromatic heterocycles. The molecule has 2 aliphatic rings. The number of aromatic amines is 1. The monoisotopic (exact) mass is 381 g/mol. The second-order valence-electron chi connectivity index (χ2n) is 7.64. The Bertz CT molecular complexity index is 984. The third-order valence-electron chi connectivity index (χ3n) is 5.83. The highest BCUT2D eigenvalue weighted by atomic mass is 19.1. The number of hydrogen-bond acceptors (Lipinski definition) is 3. The van der Waals surface area contributed by atoms with Crippen LogP contribution in [0.1, 0.15) is 40.9 Å². The van der Waals surface area contributed by atoms with Crippen LogP contribution < -0.4 is 10.6 Å². The first kappa shape index (κ1) is 18.6. The largest absolute Gasteiger partial charge is 0.359 e. The quantitative estimate of drug-likeness (QED) is 0.711. The number of H-pyrrole nitrogens is 1. The lowest BCUT2D eigenvalue weighted by Crippen LogP contribution is -2.32. The smallest absolute Gasteiger partial charge is 0.256 e. The summed E-state index contributed by atoms with van der Waals surface area (Å²) >= 11 is 0. The summed E-state index contributed by atoms with van der Waals surface area (Å²) in [4.78, 5) is 28.4. The van der Waals surface area contributed by atoms with Gasteiger partial charge in [-0.05, 0) is 75.2 Å². The van der Waals surface area contributed by atoms with E-state index in [4.69, 9.17) is 0 Å². The number of nitrogens with one attached hydrogen (secondary N) is 3. The molecule has 0 aliphatic carbocycles.